The first-order chi connectivity index (χ1) is 6.15. The molecule has 0 saturated carbocycles. The van der Waals surface area contributed by atoms with Gasteiger partial charge in [0, 0.05) is 25.7 Å². The molecule has 1 aliphatic heterocycles. The van der Waals surface area contributed by atoms with Crippen LogP contribution in [0.25, 0.3) is 0 Å². The molecule has 0 aromatic carbocycles. The van der Waals surface area contributed by atoms with Gasteiger partial charge in [0.25, 0.3) is 0 Å². The van der Waals surface area contributed by atoms with Gasteiger partial charge in [-0.3, -0.25) is 4.79 Å². The van der Waals surface area contributed by atoms with Crippen molar-refractivity contribution >= 4 is 5.91 Å². The second-order valence-corrected chi connectivity index (χ2v) is 3.50. The molecular weight excluding hydrogens is 166 g/mol. The number of amides is 1. The third-order valence-electron chi connectivity index (χ3n) is 2.54. The lowest BCUT2D eigenvalue weighted by Crippen LogP contribution is -2.51. The Morgan fingerprint density at radius 2 is 2.31 bits per heavy atom. The van der Waals surface area contributed by atoms with Gasteiger partial charge in [-0.15, -0.1) is 0 Å². The number of piperazine rings is 1. The van der Waals surface area contributed by atoms with Crippen LogP contribution in [0.1, 0.15) is 13.3 Å². The standard InChI is InChI=1S/C9H15N3O/c1-8-7-12(6-5-11(8)2)9(13)3-4-10/h8H,3,5-7H2,1-2H3. The number of nitriles is 1. The number of nitrogens with zero attached hydrogens (tertiary/aromatic N) is 3. The number of carbonyl (C=O) groups excluding carboxylic acids is 1. The fourth-order valence-electron chi connectivity index (χ4n) is 1.45. The van der Waals surface area contributed by atoms with Crippen molar-refractivity contribution in [3.8, 4) is 6.07 Å². The van der Waals surface area contributed by atoms with E-state index in [0.29, 0.717) is 6.04 Å². The highest BCUT2D eigenvalue weighted by molar-refractivity contribution is 5.78. The molecule has 0 spiro atoms. The Labute approximate surface area is 78.7 Å². The first-order valence-electron chi connectivity index (χ1n) is 4.50. The van der Waals surface area contributed by atoms with Crippen molar-refractivity contribution in [1.29, 1.82) is 5.26 Å². The topological polar surface area (TPSA) is 47.3 Å². The van der Waals surface area contributed by atoms with Gasteiger partial charge in [0.05, 0.1) is 6.07 Å². The summed E-state index contributed by atoms with van der Waals surface area (Å²) in [4.78, 5) is 15.3. The number of rotatable bonds is 1. The molecule has 1 unspecified atom stereocenters. The van der Waals surface area contributed by atoms with E-state index in [1.807, 2.05) is 6.07 Å². The van der Waals surface area contributed by atoms with Crippen LogP contribution in [0, 0.1) is 11.3 Å². The zero-order chi connectivity index (χ0) is 9.84. The lowest BCUT2D eigenvalue weighted by molar-refractivity contribution is -0.132. The Hall–Kier alpha value is -1.08. The summed E-state index contributed by atoms with van der Waals surface area (Å²) in [5.74, 6) is -0.0394. The van der Waals surface area contributed by atoms with Crippen molar-refractivity contribution in [1.82, 2.24) is 9.80 Å². The molecule has 1 amide bonds. The average Bonchev–Trinajstić information content (AvgIpc) is 2.10. The molecule has 4 nitrogen and oxygen atoms in total. The zero-order valence-electron chi connectivity index (χ0n) is 8.16. The third kappa shape index (κ3) is 2.43. The van der Waals surface area contributed by atoms with Gasteiger partial charge in [-0.05, 0) is 14.0 Å². The van der Waals surface area contributed by atoms with Crippen LogP contribution < -0.4 is 0 Å². The van der Waals surface area contributed by atoms with E-state index in [1.54, 1.807) is 4.90 Å². The van der Waals surface area contributed by atoms with Crippen molar-refractivity contribution in [3.05, 3.63) is 0 Å². The highest BCUT2D eigenvalue weighted by Gasteiger charge is 2.23. The highest BCUT2D eigenvalue weighted by atomic mass is 16.2. The molecule has 1 heterocycles. The van der Waals surface area contributed by atoms with Crippen molar-refractivity contribution in [2.75, 3.05) is 26.7 Å². The van der Waals surface area contributed by atoms with Crippen molar-refractivity contribution < 1.29 is 4.79 Å². The summed E-state index contributed by atoms with van der Waals surface area (Å²) < 4.78 is 0. The minimum Gasteiger partial charge on any atom is -0.339 e. The van der Waals surface area contributed by atoms with Crippen molar-refractivity contribution in [2.24, 2.45) is 0 Å². The predicted octanol–water partition coefficient (Wildman–Crippen LogP) is 0.0626. The van der Waals surface area contributed by atoms with Crippen LogP contribution in [0.3, 0.4) is 0 Å². The molecule has 0 radical (unpaired) electrons. The molecule has 72 valence electrons. The lowest BCUT2D eigenvalue weighted by atomic mass is 10.2. The van der Waals surface area contributed by atoms with Gasteiger partial charge in [0.2, 0.25) is 5.91 Å². The summed E-state index contributed by atoms with van der Waals surface area (Å²) in [7, 11) is 2.05. The van der Waals surface area contributed by atoms with Crippen molar-refractivity contribution in [3.63, 3.8) is 0 Å². The molecule has 1 saturated heterocycles. The van der Waals surface area contributed by atoms with E-state index in [9.17, 15) is 4.79 Å². The second kappa shape index (κ2) is 4.24. The number of hydrogen-bond donors (Lipinski definition) is 0. The monoisotopic (exact) mass is 181 g/mol. The molecule has 1 atom stereocenters. The quantitative estimate of drug-likeness (QED) is 0.575. The average molecular weight is 181 g/mol. The highest BCUT2D eigenvalue weighted by Crippen LogP contribution is 2.07. The Morgan fingerprint density at radius 3 is 2.85 bits per heavy atom. The van der Waals surface area contributed by atoms with Crippen LogP contribution in [0.15, 0.2) is 0 Å². The smallest absolute Gasteiger partial charge is 0.236 e. The van der Waals surface area contributed by atoms with Crippen LogP contribution >= 0.6 is 0 Å². The van der Waals surface area contributed by atoms with E-state index in [2.05, 4.69) is 18.9 Å². The van der Waals surface area contributed by atoms with E-state index < -0.39 is 0 Å². The maximum atomic E-state index is 11.3. The summed E-state index contributed by atoms with van der Waals surface area (Å²) in [6.45, 7) is 4.49. The van der Waals surface area contributed by atoms with Crippen LogP contribution in [-0.4, -0.2) is 48.4 Å². The largest absolute Gasteiger partial charge is 0.339 e. The van der Waals surface area contributed by atoms with Crippen LogP contribution in [0.4, 0.5) is 0 Å². The summed E-state index contributed by atoms with van der Waals surface area (Å²) in [5, 5.41) is 8.38. The Bertz CT molecular complexity index is 234. The van der Waals surface area contributed by atoms with Crippen LogP contribution in [0.5, 0.6) is 0 Å². The SMILES string of the molecule is CC1CN(C(=O)CC#N)CCN1C. The van der Waals surface area contributed by atoms with Gasteiger partial charge >= 0.3 is 0 Å². The van der Waals surface area contributed by atoms with Gasteiger partial charge < -0.3 is 9.80 Å². The Kier molecular flexibility index (Phi) is 3.26. The van der Waals surface area contributed by atoms with Crippen LogP contribution in [-0.2, 0) is 4.79 Å². The molecule has 13 heavy (non-hydrogen) atoms. The third-order valence-corrected chi connectivity index (χ3v) is 2.54. The molecule has 0 aliphatic carbocycles. The normalized spacial score (nSPS) is 24.1. The fourth-order valence-corrected chi connectivity index (χ4v) is 1.45. The molecule has 0 aromatic heterocycles. The lowest BCUT2D eigenvalue weighted by Gasteiger charge is -2.37. The van der Waals surface area contributed by atoms with E-state index in [-0.39, 0.29) is 12.3 Å². The zero-order valence-corrected chi connectivity index (χ0v) is 8.16. The van der Waals surface area contributed by atoms with E-state index in [0.717, 1.165) is 19.6 Å². The maximum absolute atomic E-state index is 11.3. The number of hydrogen-bond acceptors (Lipinski definition) is 3. The molecule has 1 aliphatic rings. The minimum absolute atomic E-state index is 0.0104. The van der Waals surface area contributed by atoms with E-state index in [1.165, 1.54) is 0 Å². The Balaban J connectivity index is 2.46. The second-order valence-electron chi connectivity index (χ2n) is 3.50. The maximum Gasteiger partial charge on any atom is 0.236 e. The molecule has 0 aromatic rings. The minimum atomic E-state index is -0.0394. The summed E-state index contributed by atoms with van der Waals surface area (Å²) in [6, 6.07) is 2.29. The number of carbonyl (C=O) groups is 1. The first-order valence-corrected chi connectivity index (χ1v) is 4.50. The van der Waals surface area contributed by atoms with Gasteiger partial charge in [0.15, 0.2) is 0 Å². The Morgan fingerprint density at radius 1 is 1.62 bits per heavy atom. The van der Waals surface area contributed by atoms with Gasteiger partial charge in [0.1, 0.15) is 6.42 Å². The molecule has 1 fully saturated rings. The first kappa shape index (κ1) is 10.0. The number of likely N-dealkylation sites (N-methyl/N-ethyl adjacent to an activating group) is 1. The summed E-state index contributed by atoms with van der Waals surface area (Å²) in [5.41, 5.74) is 0. The van der Waals surface area contributed by atoms with Crippen LogP contribution in [0.2, 0.25) is 0 Å². The molecular formula is C9H15N3O. The molecule has 0 N–H and O–H groups in total. The van der Waals surface area contributed by atoms with Crippen molar-refractivity contribution in [2.45, 2.75) is 19.4 Å². The van der Waals surface area contributed by atoms with Gasteiger partial charge in [-0.2, -0.15) is 5.26 Å². The van der Waals surface area contributed by atoms with E-state index >= 15 is 0 Å². The summed E-state index contributed by atoms with van der Waals surface area (Å²) in [6.07, 6.45) is 0.0104. The van der Waals surface area contributed by atoms with Gasteiger partial charge in [-0.1, -0.05) is 0 Å². The van der Waals surface area contributed by atoms with E-state index in [4.69, 9.17) is 5.26 Å². The fraction of sp³-hybridized carbons (Fsp3) is 0.778. The predicted molar refractivity (Wildman–Crippen MR) is 48.9 cm³/mol. The molecule has 4 heteroatoms. The molecule has 0 bridgehead atoms. The van der Waals surface area contributed by atoms with Gasteiger partial charge in [-0.25, -0.2) is 0 Å². The molecule has 1 rings (SSSR count). The summed E-state index contributed by atoms with van der Waals surface area (Å²) >= 11 is 0.